The summed E-state index contributed by atoms with van der Waals surface area (Å²) in [4.78, 5) is 46.3. The summed E-state index contributed by atoms with van der Waals surface area (Å²) in [6.45, 7) is 3.61. The number of carbonyl (C=O) groups is 3. The zero-order valence-corrected chi connectivity index (χ0v) is 24.2. The van der Waals surface area contributed by atoms with Crippen LogP contribution in [0.15, 0.2) is 59.0 Å². The number of fused-ring (bicyclic) bond motifs is 2. The molecule has 12 heteroatoms. The van der Waals surface area contributed by atoms with E-state index >= 15 is 0 Å². The topological polar surface area (TPSA) is 128 Å². The van der Waals surface area contributed by atoms with E-state index in [4.69, 9.17) is 4.74 Å². The third kappa shape index (κ3) is 4.55. The van der Waals surface area contributed by atoms with Crippen molar-refractivity contribution in [3.05, 3.63) is 65.2 Å². The Kier molecular flexibility index (Phi) is 7.77. The number of benzene rings is 2. The fourth-order valence-corrected chi connectivity index (χ4v) is 7.25. The molecule has 2 fully saturated rings. The summed E-state index contributed by atoms with van der Waals surface area (Å²) in [5, 5.41) is 11.8. The first kappa shape index (κ1) is 28.9. The van der Waals surface area contributed by atoms with Crippen molar-refractivity contribution in [2.24, 2.45) is 0 Å². The van der Waals surface area contributed by atoms with Crippen LogP contribution in [0, 0.1) is 0 Å². The van der Waals surface area contributed by atoms with Crippen LogP contribution in [0.5, 0.6) is 0 Å². The van der Waals surface area contributed by atoms with Crippen molar-refractivity contribution < 1.29 is 32.6 Å². The van der Waals surface area contributed by atoms with Crippen molar-refractivity contribution in [2.45, 2.75) is 23.8 Å². The number of ketones is 1. The van der Waals surface area contributed by atoms with E-state index in [-0.39, 0.29) is 48.9 Å². The second-order valence-electron chi connectivity index (χ2n) is 10.5. The lowest BCUT2D eigenvalue weighted by molar-refractivity contribution is -0.143. The smallest absolute Gasteiger partial charge is 0.296 e. The number of amides is 2. The molecule has 0 radical (unpaired) electrons. The minimum absolute atomic E-state index is 0.0172. The van der Waals surface area contributed by atoms with Gasteiger partial charge in [-0.05, 0) is 38.7 Å². The molecular formula is C29H34N4O7S. The van der Waals surface area contributed by atoms with Crippen molar-refractivity contribution in [2.75, 3.05) is 64.9 Å². The van der Waals surface area contributed by atoms with Gasteiger partial charge in [0.2, 0.25) is 10.0 Å². The van der Waals surface area contributed by atoms with Gasteiger partial charge in [0.15, 0.2) is 5.54 Å². The van der Waals surface area contributed by atoms with Gasteiger partial charge in [-0.25, -0.2) is 8.42 Å². The zero-order chi connectivity index (χ0) is 29.5. The SMILES string of the molecule is CCCN1C(=O)C2(/C(=C(/O)c3cccc(S(=O)(=O)N4CCOCC4)c3)C(=O)C(=O)N2CCN(C)C)c2ccccc21. The lowest BCUT2D eigenvalue weighted by atomic mass is 9.82. The predicted octanol–water partition coefficient (Wildman–Crippen LogP) is 1.60. The Hall–Kier alpha value is -3.58. The molecule has 1 spiro atoms. The summed E-state index contributed by atoms with van der Waals surface area (Å²) in [5.74, 6) is -3.00. The van der Waals surface area contributed by atoms with Crippen LogP contribution in [0.1, 0.15) is 24.5 Å². The van der Waals surface area contributed by atoms with Gasteiger partial charge in [0.25, 0.3) is 17.6 Å². The van der Waals surface area contributed by atoms with Crippen LogP contribution in [0.3, 0.4) is 0 Å². The van der Waals surface area contributed by atoms with E-state index in [1.54, 1.807) is 29.2 Å². The summed E-state index contributed by atoms with van der Waals surface area (Å²) < 4.78 is 33.3. The van der Waals surface area contributed by atoms with Crippen LogP contribution < -0.4 is 4.90 Å². The number of hydrogen-bond donors (Lipinski definition) is 1. The number of aliphatic hydroxyl groups is 1. The van der Waals surface area contributed by atoms with Gasteiger partial charge in [0.1, 0.15) is 5.76 Å². The third-order valence-electron chi connectivity index (χ3n) is 7.74. The quantitative estimate of drug-likeness (QED) is 0.283. The highest BCUT2D eigenvalue weighted by molar-refractivity contribution is 7.89. The Morgan fingerprint density at radius 2 is 1.73 bits per heavy atom. The van der Waals surface area contributed by atoms with Gasteiger partial charge in [-0.15, -0.1) is 0 Å². The molecule has 2 saturated heterocycles. The largest absolute Gasteiger partial charge is 0.507 e. The van der Waals surface area contributed by atoms with E-state index in [2.05, 4.69) is 0 Å². The number of morpholine rings is 1. The maximum Gasteiger partial charge on any atom is 0.296 e. The van der Waals surface area contributed by atoms with E-state index in [9.17, 15) is 27.9 Å². The van der Waals surface area contributed by atoms with Crippen molar-refractivity contribution in [3.63, 3.8) is 0 Å². The average molecular weight is 583 g/mol. The van der Waals surface area contributed by atoms with Gasteiger partial charge in [-0.3, -0.25) is 14.4 Å². The molecule has 11 nitrogen and oxygen atoms in total. The molecule has 41 heavy (non-hydrogen) atoms. The number of ether oxygens (including phenoxy) is 1. The molecule has 2 aromatic rings. The van der Waals surface area contributed by atoms with Crippen LogP contribution in [-0.2, 0) is 34.7 Å². The number of rotatable bonds is 8. The number of likely N-dealkylation sites (N-methyl/N-ethyl adjacent to an activating group) is 1. The highest BCUT2D eigenvalue weighted by Gasteiger charge is 2.66. The van der Waals surface area contributed by atoms with Crippen LogP contribution in [0.25, 0.3) is 5.76 Å². The molecule has 1 unspecified atom stereocenters. The normalized spacial score (nSPS) is 22.8. The molecule has 3 heterocycles. The number of nitrogens with zero attached hydrogens (tertiary/aromatic N) is 4. The maximum atomic E-state index is 14.4. The lowest BCUT2D eigenvalue weighted by Gasteiger charge is -2.35. The highest BCUT2D eigenvalue weighted by atomic mass is 32.2. The Labute approximate surface area is 239 Å². The van der Waals surface area contributed by atoms with Crippen molar-refractivity contribution in [1.29, 1.82) is 0 Å². The number of anilines is 1. The van der Waals surface area contributed by atoms with Gasteiger partial charge in [0.05, 0.1) is 29.4 Å². The summed E-state index contributed by atoms with van der Waals surface area (Å²) in [7, 11) is -0.287. The molecule has 2 aromatic carbocycles. The monoisotopic (exact) mass is 582 g/mol. The second-order valence-corrected chi connectivity index (χ2v) is 12.5. The maximum absolute atomic E-state index is 14.4. The minimum atomic E-state index is -3.92. The molecule has 5 rings (SSSR count). The highest BCUT2D eigenvalue weighted by Crippen LogP contribution is 2.53. The first-order chi connectivity index (χ1) is 19.6. The summed E-state index contributed by atoms with van der Waals surface area (Å²) in [6, 6.07) is 12.6. The van der Waals surface area contributed by atoms with E-state index in [1.807, 2.05) is 25.9 Å². The fraction of sp³-hybridized carbons (Fsp3) is 0.414. The Balaban J connectivity index is 1.72. The Bertz CT molecular complexity index is 1530. The fourth-order valence-electron chi connectivity index (χ4n) is 5.80. The lowest BCUT2D eigenvalue weighted by Crippen LogP contribution is -2.53. The summed E-state index contributed by atoms with van der Waals surface area (Å²) >= 11 is 0. The zero-order valence-electron chi connectivity index (χ0n) is 23.4. The number of aliphatic hydroxyl groups excluding tert-OH is 1. The molecule has 0 saturated carbocycles. The van der Waals surface area contributed by atoms with Gasteiger partial charge < -0.3 is 24.5 Å². The van der Waals surface area contributed by atoms with E-state index in [0.29, 0.717) is 30.8 Å². The first-order valence-electron chi connectivity index (χ1n) is 13.6. The molecular weight excluding hydrogens is 548 g/mol. The number of para-hydroxylation sites is 1. The molecule has 2 amide bonds. The Morgan fingerprint density at radius 1 is 1.02 bits per heavy atom. The second kappa shape index (κ2) is 11.0. The molecule has 1 atom stereocenters. The van der Waals surface area contributed by atoms with Crippen LogP contribution in [-0.4, -0.2) is 105 Å². The Morgan fingerprint density at radius 3 is 2.41 bits per heavy atom. The van der Waals surface area contributed by atoms with Crippen molar-refractivity contribution >= 4 is 39.1 Å². The van der Waals surface area contributed by atoms with Crippen LogP contribution in [0.4, 0.5) is 5.69 Å². The third-order valence-corrected chi connectivity index (χ3v) is 9.64. The van der Waals surface area contributed by atoms with E-state index < -0.39 is 38.9 Å². The average Bonchev–Trinajstić information content (AvgIpc) is 3.35. The summed E-state index contributed by atoms with van der Waals surface area (Å²) in [6.07, 6.45) is 0.627. The minimum Gasteiger partial charge on any atom is -0.507 e. The number of sulfonamides is 1. The number of hydrogen-bond acceptors (Lipinski definition) is 8. The number of likely N-dealkylation sites (tertiary alicyclic amines) is 1. The van der Waals surface area contributed by atoms with Crippen LogP contribution in [0.2, 0.25) is 0 Å². The molecule has 1 N–H and O–H groups in total. The predicted molar refractivity (Wildman–Crippen MR) is 152 cm³/mol. The molecule has 0 aliphatic carbocycles. The molecule has 218 valence electrons. The van der Waals surface area contributed by atoms with Crippen LogP contribution >= 0.6 is 0 Å². The first-order valence-corrected chi connectivity index (χ1v) is 15.0. The standard InChI is InChI=1S/C29H34N4O7S/c1-4-12-32-23-11-6-5-10-22(23)29(28(32)37)24(26(35)27(36)33(29)14-13-30(2)3)25(34)20-8-7-9-21(19-20)41(38,39)31-15-17-40-18-16-31/h5-11,19,34H,4,12-18H2,1-3H3/b25-24+. The van der Waals surface area contributed by atoms with E-state index in [1.165, 1.54) is 33.5 Å². The van der Waals surface area contributed by atoms with Crippen molar-refractivity contribution in [3.8, 4) is 0 Å². The van der Waals surface area contributed by atoms with Gasteiger partial charge in [-0.1, -0.05) is 37.3 Å². The number of carbonyl (C=O) groups excluding carboxylic acids is 3. The van der Waals surface area contributed by atoms with E-state index in [0.717, 1.165) is 0 Å². The number of Topliss-reactive ketones (excluding diaryl/α,β-unsaturated/α-hetero) is 1. The molecule has 3 aliphatic heterocycles. The van der Waals surface area contributed by atoms with Crippen molar-refractivity contribution in [1.82, 2.24) is 14.1 Å². The molecule has 3 aliphatic rings. The van der Waals surface area contributed by atoms with Gasteiger partial charge >= 0.3 is 0 Å². The molecule has 0 aromatic heterocycles. The van der Waals surface area contributed by atoms with Gasteiger partial charge in [0, 0.05) is 43.9 Å². The molecule has 0 bridgehead atoms. The summed E-state index contributed by atoms with van der Waals surface area (Å²) in [5.41, 5.74) is -1.25. The van der Waals surface area contributed by atoms with Gasteiger partial charge in [-0.2, -0.15) is 4.31 Å².